The molecule has 0 aliphatic rings. The number of methoxy groups -OCH3 is 1. The zero-order valence-corrected chi connectivity index (χ0v) is 7.76. The lowest BCUT2D eigenvalue weighted by atomic mass is 10.4. The molecule has 0 saturated carbocycles. The number of hydrogen-bond donors (Lipinski definition) is 1. The van der Waals surface area contributed by atoms with Gasteiger partial charge in [0.15, 0.2) is 0 Å². The largest absolute Gasteiger partial charge is 0.467 e. The average molecular weight is 175 g/mol. The van der Waals surface area contributed by atoms with Gasteiger partial charge in [-0.2, -0.15) is 0 Å². The van der Waals surface area contributed by atoms with Gasteiger partial charge >= 0.3 is 5.97 Å². The van der Waals surface area contributed by atoms with Gasteiger partial charge in [0.2, 0.25) is 0 Å². The molecule has 0 spiro atoms. The molecule has 1 N–H and O–H groups in total. The number of nitrogens with one attached hydrogen (secondary N) is 1. The monoisotopic (exact) mass is 175 g/mol. The Morgan fingerprint density at radius 2 is 2.25 bits per heavy atom. The fourth-order valence-corrected chi connectivity index (χ4v) is 0.690. The molecule has 0 unspecified atom stereocenters. The highest BCUT2D eigenvalue weighted by atomic mass is 16.6. The second-order valence-corrected chi connectivity index (χ2v) is 2.34. The van der Waals surface area contributed by atoms with Gasteiger partial charge in [-0.3, -0.25) is 0 Å². The molecule has 12 heavy (non-hydrogen) atoms. The Hall–Kier alpha value is -0.610. The molecule has 0 aromatic heterocycles. The van der Waals surface area contributed by atoms with E-state index in [0.717, 1.165) is 19.5 Å². The van der Waals surface area contributed by atoms with Crippen LogP contribution in [0.5, 0.6) is 0 Å². The first-order chi connectivity index (χ1) is 5.81. The third kappa shape index (κ3) is 7.50. The topological polar surface area (TPSA) is 47.6 Å². The van der Waals surface area contributed by atoms with E-state index < -0.39 is 0 Å². The summed E-state index contributed by atoms with van der Waals surface area (Å²) in [4.78, 5) is 10.5. The molecule has 0 bridgehead atoms. The van der Waals surface area contributed by atoms with Crippen molar-refractivity contribution < 1.29 is 14.3 Å². The molecule has 0 radical (unpaired) electrons. The Morgan fingerprint density at radius 1 is 1.50 bits per heavy atom. The SMILES string of the molecule is CCNCCCOCC(=O)OC. The summed E-state index contributed by atoms with van der Waals surface area (Å²) in [6.45, 7) is 4.61. The summed E-state index contributed by atoms with van der Waals surface area (Å²) in [6.07, 6.45) is 0.921. The fraction of sp³-hybridized carbons (Fsp3) is 0.875. The van der Waals surface area contributed by atoms with Crippen LogP contribution in [0, 0.1) is 0 Å². The quantitative estimate of drug-likeness (QED) is 0.443. The molecule has 0 aromatic rings. The third-order valence-corrected chi connectivity index (χ3v) is 1.34. The van der Waals surface area contributed by atoms with Gasteiger partial charge in [0.05, 0.1) is 7.11 Å². The summed E-state index contributed by atoms with van der Waals surface area (Å²) in [5.41, 5.74) is 0. The van der Waals surface area contributed by atoms with Gasteiger partial charge in [0, 0.05) is 6.61 Å². The molecule has 0 saturated heterocycles. The first-order valence-electron chi connectivity index (χ1n) is 4.16. The molecule has 0 atom stereocenters. The highest BCUT2D eigenvalue weighted by molar-refractivity contribution is 5.70. The molecule has 4 nitrogen and oxygen atoms in total. The van der Waals surface area contributed by atoms with E-state index in [0.29, 0.717) is 6.61 Å². The van der Waals surface area contributed by atoms with E-state index in [1.54, 1.807) is 0 Å². The second kappa shape index (κ2) is 8.49. The smallest absolute Gasteiger partial charge is 0.331 e. The zero-order chi connectivity index (χ0) is 9.23. The minimum Gasteiger partial charge on any atom is -0.467 e. The Bertz CT molecular complexity index is 117. The summed E-state index contributed by atoms with van der Waals surface area (Å²) in [5.74, 6) is -0.321. The van der Waals surface area contributed by atoms with E-state index >= 15 is 0 Å². The third-order valence-electron chi connectivity index (χ3n) is 1.34. The Morgan fingerprint density at radius 3 is 2.83 bits per heavy atom. The van der Waals surface area contributed by atoms with Gasteiger partial charge in [-0.05, 0) is 19.5 Å². The molecule has 4 heteroatoms. The minimum absolute atomic E-state index is 0.0582. The van der Waals surface area contributed by atoms with E-state index in [-0.39, 0.29) is 12.6 Å². The van der Waals surface area contributed by atoms with Crippen LogP contribution in [0.25, 0.3) is 0 Å². The van der Waals surface area contributed by atoms with Gasteiger partial charge in [-0.1, -0.05) is 6.92 Å². The number of carbonyl (C=O) groups excluding carboxylic acids is 1. The normalized spacial score (nSPS) is 9.83. The molecule has 0 heterocycles. The van der Waals surface area contributed by atoms with Crippen molar-refractivity contribution in [1.82, 2.24) is 5.32 Å². The fourth-order valence-electron chi connectivity index (χ4n) is 0.690. The molecular formula is C8H17NO3. The van der Waals surface area contributed by atoms with Crippen molar-refractivity contribution in [3.63, 3.8) is 0 Å². The highest BCUT2D eigenvalue weighted by Crippen LogP contribution is 1.82. The van der Waals surface area contributed by atoms with E-state index in [1.165, 1.54) is 7.11 Å². The minimum atomic E-state index is -0.321. The van der Waals surface area contributed by atoms with E-state index in [4.69, 9.17) is 4.74 Å². The maximum Gasteiger partial charge on any atom is 0.331 e. The van der Waals surface area contributed by atoms with Crippen molar-refractivity contribution in [3.05, 3.63) is 0 Å². The van der Waals surface area contributed by atoms with Crippen molar-refractivity contribution in [1.29, 1.82) is 0 Å². The molecule has 0 rings (SSSR count). The van der Waals surface area contributed by atoms with Crippen LogP contribution in [0.2, 0.25) is 0 Å². The standard InChI is InChI=1S/C8H17NO3/c1-3-9-5-4-6-12-7-8(10)11-2/h9H,3-7H2,1-2H3. The summed E-state index contributed by atoms with van der Waals surface area (Å²) in [7, 11) is 1.35. The zero-order valence-electron chi connectivity index (χ0n) is 7.76. The van der Waals surface area contributed by atoms with Crippen LogP contribution in [-0.4, -0.2) is 39.4 Å². The van der Waals surface area contributed by atoms with Gasteiger partial charge < -0.3 is 14.8 Å². The lowest BCUT2D eigenvalue weighted by molar-refractivity contribution is -0.145. The van der Waals surface area contributed by atoms with E-state index in [9.17, 15) is 4.79 Å². The van der Waals surface area contributed by atoms with Crippen LogP contribution in [0.15, 0.2) is 0 Å². The highest BCUT2D eigenvalue weighted by Gasteiger charge is 1.97. The Kier molecular flexibility index (Phi) is 8.05. The number of carbonyl (C=O) groups is 1. The van der Waals surface area contributed by atoms with Crippen LogP contribution in [-0.2, 0) is 14.3 Å². The molecular weight excluding hydrogens is 158 g/mol. The number of esters is 1. The van der Waals surface area contributed by atoms with Gasteiger partial charge in [0.1, 0.15) is 6.61 Å². The first-order valence-corrected chi connectivity index (χ1v) is 4.16. The van der Waals surface area contributed by atoms with Crippen LogP contribution in [0.4, 0.5) is 0 Å². The van der Waals surface area contributed by atoms with E-state index in [2.05, 4.69) is 17.0 Å². The van der Waals surface area contributed by atoms with Crippen LogP contribution >= 0.6 is 0 Å². The summed E-state index contributed by atoms with van der Waals surface area (Å²) < 4.78 is 9.42. The second-order valence-electron chi connectivity index (χ2n) is 2.34. The maximum absolute atomic E-state index is 10.5. The Labute approximate surface area is 73.2 Å². The molecule has 0 aliphatic heterocycles. The molecule has 0 aliphatic carbocycles. The van der Waals surface area contributed by atoms with Gasteiger partial charge in [0.25, 0.3) is 0 Å². The predicted octanol–water partition coefficient (Wildman–Crippen LogP) is 0.176. The van der Waals surface area contributed by atoms with Gasteiger partial charge in [-0.15, -0.1) is 0 Å². The van der Waals surface area contributed by atoms with Crippen molar-refractivity contribution in [2.45, 2.75) is 13.3 Å². The number of rotatable bonds is 7. The van der Waals surface area contributed by atoms with Crippen LogP contribution in [0.3, 0.4) is 0 Å². The van der Waals surface area contributed by atoms with Crippen molar-refractivity contribution >= 4 is 5.97 Å². The van der Waals surface area contributed by atoms with Crippen molar-refractivity contribution in [2.24, 2.45) is 0 Å². The molecule has 0 fully saturated rings. The summed E-state index contributed by atoms with van der Waals surface area (Å²) in [5, 5.41) is 3.15. The lowest BCUT2D eigenvalue weighted by Crippen LogP contribution is -2.17. The molecule has 0 aromatic carbocycles. The van der Waals surface area contributed by atoms with Crippen LogP contribution in [0.1, 0.15) is 13.3 Å². The summed E-state index contributed by atoms with van der Waals surface area (Å²) >= 11 is 0. The van der Waals surface area contributed by atoms with E-state index in [1.807, 2.05) is 0 Å². The van der Waals surface area contributed by atoms with Gasteiger partial charge in [-0.25, -0.2) is 4.79 Å². The van der Waals surface area contributed by atoms with Crippen molar-refractivity contribution in [2.75, 3.05) is 33.4 Å². The average Bonchev–Trinajstić information content (AvgIpc) is 2.10. The number of ether oxygens (including phenoxy) is 2. The van der Waals surface area contributed by atoms with Crippen LogP contribution < -0.4 is 5.32 Å². The molecule has 72 valence electrons. The number of hydrogen-bond acceptors (Lipinski definition) is 4. The molecule has 0 amide bonds. The Balaban J connectivity index is 2.95. The van der Waals surface area contributed by atoms with Crippen molar-refractivity contribution in [3.8, 4) is 0 Å². The summed E-state index contributed by atoms with van der Waals surface area (Å²) in [6, 6.07) is 0. The lowest BCUT2D eigenvalue weighted by Gasteiger charge is -2.02. The maximum atomic E-state index is 10.5. The predicted molar refractivity (Wildman–Crippen MR) is 46.0 cm³/mol. The first kappa shape index (κ1) is 11.4.